The molecular formula is C22H19F7N2O3. The van der Waals surface area contributed by atoms with E-state index in [2.05, 4.69) is 5.32 Å². The Kier molecular flexibility index (Phi) is 6.81. The molecule has 1 heterocycles. The molecule has 0 aliphatic carbocycles. The molecule has 2 amide bonds. The summed E-state index contributed by atoms with van der Waals surface area (Å²) in [6.07, 6.45) is -12.5. The highest BCUT2D eigenvalue weighted by atomic mass is 19.4. The zero-order chi connectivity index (χ0) is 25.4. The van der Waals surface area contributed by atoms with Crippen molar-refractivity contribution in [2.45, 2.75) is 51.7 Å². The van der Waals surface area contributed by atoms with Gasteiger partial charge < -0.3 is 15.0 Å². The Labute approximate surface area is 189 Å². The van der Waals surface area contributed by atoms with Gasteiger partial charge in [0.15, 0.2) is 17.7 Å². The fourth-order valence-electron chi connectivity index (χ4n) is 3.38. The second-order valence-corrected chi connectivity index (χ2v) is 7.77. The molecule has 12 heteroatoms. The number of halogens is 7. The first-order valence-electron chi connectivity index (χ1n) is 10.0. The maximum absolute atomic E-state index is 15.2. The third-order valence-electron chi connectivity index (χ3n) is 5.12. The highest BCUT2D eigenvalue weighted by Crippen LogP contribution is 2.42. The first-order valence-corrected chi connectivity index (χ1v) is 10.0. The number of nitrogens with one attached hydrogen (secondary N) is 1. The molecule has 1 N–H and O–H groups in total. The lowest BCUT2D eigenvalue weighted by Crippen LogP contribution is -2.44. The van der Waals surface area contributed by atoms with E-state index in [0.717, 1.165) is 17.0 Å². The van der Waals surface area contributed by atoms with Crippen molar-refractivity contribution >= 4 is 23.2 Å². The molecule has 0 aromatic heterocycles. The SMILES string of the molecule is Cc1cc2c(c(F)c1NC(=O)CCC(F)(F)F)OC(C)C(=O)N2Cc1ccc(C(F)(F)F)cc1. The van der Waals surface area contributed by atoms with Gasteiger partial charge in [0.05, 0.1) is 29.9 Å². The molecule has 3 rings (SSSR count). The second-order valence-electron chi connectivity index (χ2n) is 7.77. The number of amides is 2. The fourth-order valence-corrected chi connectivity index (χ4v) is 3.38. The number of anilines is 2. The number of nitrogens with zero attached hydrogens (tertiary/aromatic N) is 1. The number of rotatable bonds is 5. The van der Waals surface area contributed by atoms with Gasteiger partial charge in [-0.2, -0.15) is 26.3 Å². The summed E-state index contributed by atoms with van der Waals surface area (Å²) >= 11 is 0. The Hall–Kier alpha value is -3.31. The summed E-state index contributed by atoms with van der Waals surface area (Å²) in [5.74, 6) is -3.11. The zero-order valence-electron chi connectivity index (χ0n) is 17.9. The molecule has 5 nitrogen and oxygen atoms in total. The predicted molar refractivity (Wildman–Crippen MR) is 108 cm³/mol. The third-order valence-corrected chi connectivity index (χ3v) is 5.12. The Bertz CT molecular complexity index is 1100. The predicted octanol–water partition coefficient (Wildman–Crippen LogP) is 5.75. The minimum Gasteiger partial charge on any atom is -0.476 e. The molecule has 1 aliphatic heterocycles. The number of alkyl halides is 6. The van der Waals surface area contributed by atoms with Gasteiger partial charge in [-0.25, -0.2) is 4.39 Å². The largest absolute Gasteiger partial charge is 0.476 e. The molecule has 2 aromatic rings. The Balaban J connectivity index is 1.90. The van der Waals surface area contributed by atoms with Crippen LogP contribution < -0.4 is 15.0 Å². The summed E-state index contributed by atoms with van der Waals surface area (Å²) < 4.78 is 96.0. The maximum Gasteiger partial charge on any atom is 0.416 e. The Morgan fingerprint density at radius 1 is 1.12 bits per heavy atom. The molecule has 1 atom stereocenters. The Morgan fingerprint density at radius 2 is 1.74 bits per heavy atom. The van der Waals surface area contributed by atoms with E-state index in [1.807, 2.05) is 0 Å². The standard InChI is InChI=1S/C22H19F7N2O3/c1-11-9-15-19(17(23)18(11)30-16(32)7-8-21(24,25)26)34-12(2)20(33)31(15)10-13-3-5-14(6-4-13)22(27,28)29/h3-6,9,12H,7-8,10H2,1-2H3,(H,30,32). The van der Waals surface area contributed by atoms with Crippen molar-refractivity contribution in [2.24, 2.45) is 0 Å². The van der Waals surface area contributed by atoms with Crippen LogP contribution in [0.5, 0.6) is 5.75 Å². The van der Waals surface area contributed by atoms with Crippen molar-refractivity contribution in [3.8, 4) is 5.75 Å². The molecule has 0 spiro atoms. The summed E-state index contributed by atoms with van der Waals surface area (Å²) in [6, 6.07) is 5.40. The Morgan fingerprint density at radius 3 is 2.29 bits per heavy atom. The van der Waals surface area contributed by atoms with Gasteiger partial charge in [-0.15, -0.1) is 0 Å². The van der Waals surface area contributed by atoms with E-state index in [1.54, 1.807) is 0 Å². The van der Waals surface area contributed by atoms with Gasteiger partial charge in [0.2, 0.25) is 5.91 Å². The van der Waals surface area contributed by atoms with Crippen molar-refractivity contribution in [1.29, 1.82) is 0 Å². The lowest BCUT2D eigenvalue weighted by Gasteiger charge is -2.34. The van der Waals surface area contributed by atoms with Gasteiger partial charge in [0, 0.05) is 6.42 Å². The molecule has 34 heavy (non-hydrogen) atoms. The minimum atomic E-state index is -4.56. The van der Waals surface area contributed by atoms with E-state index in [4.69, 9.17) is 4.74 Å². The molecule has 184 valence electrons. The number of fused-ring (bicyclic) bond motifs is 1. The summed E-state index contributed by atoms with van der Waals surface area (Å²) in [5.41, 5.74) is -0.830. The third kappa shape index (κ3) is 5.60. The monoisotopic (exact) mass is 492 g/mol. The molecule has 0 saturated heterocycles. The molecule has 2 aromatic carbocycles. The number of benzene rings is 2. The fraction of sp³-hybridized carbons (Fsp3) is 0.364. The summed E-state index contributed by atoms with van der Waals surface area (Å²) in [4.78, 5) is 25.7. The molecule has 0 fully saturated rings. The number of hydrogen-bond acceptors (Lipinski definition) is 3. The highest BCUT2D eigenvalue weighted by molar-refractivity contribution is 6.01. The van der Waals surface area contributed by atoms with Crippen LogP contribution in [0.25, 0.3) is 0 Å². The summed E-state index contributed by atoms with van der Waals surface area (Å²) in [5, 5.41) is 2.11. The van der Waals surface area contributed by atoms with E-state index in [-0.39, 0.29) is 23.5 Å². The van der Waals surface area contributed by atoms with Gasteiger partial charge in [-0.1, -0.05) is 12.1 Å². The van der Waals surface area contributed by atoms with Gasteiger partial charge in [0.1, 0.15) is 0 Å². The van der Waals surface area contributed by atoms with E-state index < -0.39 is 60.2 Å². The average Bonchev–Trinajstić information content (AvgIpc) is 2.73. The van der Waals surface area contributed by atoms with Crippen LogP contribution in [0.2, 0.25) is 0 Å². The van der Waals surface area contributed by atoms with Crippen LogP contribution in [0.3, 0.4) is 0 Å². The van der Waals surface area contributed by atoms with Crippen molar-refractivity contribution in [3.63, 3.8) is 0 Å². The normalized spacial score (nSPS) is 16.2. The van der Waals surface area contributed by atoms with Crippen LogP contribution in [-0.2, 0) is 22.3 Å². The molecular weight excluding hydrogens is 473 g/mol. The van der Waals surface area contributed by atoms with Crippen LogP contribution in [0.1, 0.15) is 36.5 Å². The number of carbonyl (C=O) groups is 2. The smallest absolute Gasteiger partial charge is 0.416 e. The molecule has 0 bridgehead atoms. The van der Waals surface area contributed by atoms with Crippen LogP contribution in [0.15, 0.2) is 30.3 Å². The molecule has 1 unspecified atom stereocenters. The molecule has 1 aliphatic rings. The van der Waals surface area contributed by atoms with Crippen molar-refractivity contribution in [2.75, 3.05) is 10.2 Å². The van der Waals surface area contributed by atoms with Crippen LogP contribution in [0, 0.1) is 12.7 Å². The number of hydrogen-bond donors (Lipinski definition) is 1. The first-order chi connectivity index (χ1) is 15.7. The van der Waals surface area contributed by atoms with Gasteiger partial charge in [-0.3, -0.25) is 9.59 Å². The van der Waals surface area contributed by atoms with Crippen LogP contribution in [0.4, 0.5) is 42.1 Å². The number of aryl methyl sites for hydroxylation is 1. The van der Waals surface area contributed by atoms with Gasteiger partial charge in [-0.05, 0) is 43.2 Å². The van der Waals surface area contributed by atoms with Crippen LogP contribution >= 0.6 is 0 Å². The highest BCUT2D eigenvalue weighted by Gasteiger charge is 2.36. The zero-order valence-corrected chi connectivity index (χ0v) is 17.9. The lowest BCUT2D eigenvalue weighted by atomic mass is 10.1. The minimum absolute atomic E-state index is 0.0220. The van der Waals surface area contributed by atoms with E-state index in [9.17, 15) is 35.9 Å². The van der Waals surface area contributed by atoms with E-state index in [1.165, 1.54) is 32.0 Å². The quantitative estimate of drug-likeness (QED) is 0.541. The maximum atomic E-state index is 15.2. The lowest BCUT2D eigenvalue weighted by molar-refractivity contribution is -0.142. The van der Waals surface area contributed by atoms with Crippen molar-refractivity contribution in [1.82, 2.24) is 0 Å². The van der Waals surface area contributed by atoms with Crippen molar-refractivity contribution in [3.05, 3.63) is 52.8 Å². The first kappa shape index (κ1) is 25.3. The van der Waals surface area contributed by atoms with E-state index in [0.29, 0.717) is 5.56 Å². The molecule has 0 saturated carbocycles. The number of ether oxygens (including phenoxy) is 1. The average molecular weight is 492 g/mol. The summed E-state index contributed by atoms with van der Waals surface area (Å²) in [6.45, 7) is 2.53. The second kappa shape index (κ2) is 9.15. The molecule has 0 radical (unpaired) electrons. The summed E-state index contributed by atoms with van der Waals surface area (Å²) in [7, 11) is 0. The number of carbonyl (C=O) groups excluding carboxylic acids is 2. The van der Waals surface area contributed by atoms with Crippen LogP contribution in [-0.4, -0.2) is 24.1 Å². The van der Waals surface area contributed by atoms with Gasteiger partial charge in [0.25, 0.3) is 5.91 Å². The van der Waals surface area contributed by atoms with Gasteiger partial charge >= 0.3 is 12.4 Å². The van der Waals surface area contributed by atoms with E-state index >= 15 is 4.39 Å². The topological polar surface area (TPSA) is 58.6 Å². The van der Waals surface area contributed by atoms with Crippen molar-refractivity contribution < 1.29 is 45.1 Å².